The highest BCUT2D eigenvalue weighted by Gasteiger charge is 2.07. The van der Waals surface area contributed by atoms with Crippen LogP contribution in [0.3, 0.4) is 0 Å². The minimum absolute atomic E-state index is 0.143. The molecule has 1 aromatic heterocycles. The summed E-state index contributed by atoms with van der Waals surface area (Å²) >= 11 is 0. The molecule has 5 heteroatoms. The van der Waals surface area contributed by atoms with Crippen molar-refractivity contribution in [2.45, 2.75) is 19.9 Å². The molecule has 0 aliphatic rings. The second-order valence-corrected chi connectivity index (χ2v) is 6.17. The normalized spacial score (nSPS) is 10.5. The van der Waals surface area contributed by atoms with Crippen molar-refractivity contribution in [1.29, 1.82) is 0 Å². The Morgan fingerprint density at radius 3 is 2.42 bits per heavy atom. The molecule has 0 aliphatic carbocycles. The van der Waals surface area contributed by atoms with Gasteiger partial charge in [-0.05, 0) is 18.9 Å². The maximum atomic E-state index is 8.97. The van der Waals surface area contributed by atoms with Crippen molar-refractivity contribution < 1.29 is 5.11 Å². The van der Waals surface area contributed by atoms with Crippen molar-refractivity contribution in [1.82, 2.24) is 9.97 Å². The number of rotatable bonds is 8. The van der Waals surface area contributed by atoms with E-state index in [4.69, 9.17) is 5.11 Å². The first-order valence-corrected chi connectivity index (χ1v) is 8.83. The SMILES string of the molecule is Cc1ccc(CNc2cc(-c3ccccc3)nc(NCCCO)n2)cc1. The standard InChI is InChI=1S/C21H24N4O/c1-16-8-10-17(11-9-16)15-23-20-14-19(18-6-3-2-4-7-18)24-21(25-20)22-12-5-13-26/h2-4,6-11,14,26H,5,12-13,15H2,1H3,(H2,22,23,24,25). The molecule has 0 atom stereocenters. The Bertz CT molecular complexity index is 819. The molecule has 0 radical (unpaired) electrons. The maximum Gasteiger partial charge on any atom is 0.225 e. The Morgan fingerprint density at radius 1 is 0.923 bits per heavy atom. The lowest BCUT2D eigenvalue weighted by molar-refractivity contribution is 0.292. The van der Waals surface area contributed by atoms with Crippen LogP contribution in [0.1, 0.15) is 17.5 Å². The summed E-state index contributed by atoms with van der Waals surface area (Å²) in [4.78, 5) is 9.15. The highest BCUT2D eigenvalue weighted by atomic mass is 16.3. The van der Waals surface area contributed by atoms with Gasteiger partial charge in [0.1, 0.15) is 5.82 Å². The quantitative estimate of drug-likeness (QED) is 0.539. The van der Waals surface area contributed by atoms with E-state index in [1.165, 1.54) is 11.1 Å². The molecule has 26 heavy (non-hydrogen) atoms. The van der Waals surface area contributed by atoms with E-state index in [0.717, 1.165) is 17.1 Å². The second kappa shape index (κ2) is 8.97. The molecule has 0 unspecified atom stereocenters. The monoisotopic (exact) mass is 348 g/mol. The van der Waals surface area contributed by atoms with Crippen molar-refractivity contribution in [3.63, 3.8) is 0 Å². The predicted molar refractivity (Wildman–Crippen MR) is 106 cm³/mol. The first kappa shape index (κ1) is 17.9. The molecule has 0 fully saturated rings. The van der Waals surface area contributed by atoms with Gasteiger partial charge in [0.15, 0.2) is 0 Å². The Kier molecular flexibility index (Phi) is 6.17. The minimum atomic E-state index is 0.143. The van der Waals surface area contributed by atoms with Crippen LogP contribution in [0.4, 0.5) is 11.8 Å². The molecule has 3 N–H and O–H groups in total. The molecule has 134 valence electrons. The number of aliphatic hydroxyl groups excluding tert-OH is 1. The third-order valence-electron chi connectivity index (χ3n) is 4.01. The lowest BCUT2D eigenvalue weighted by Crippen LogP contribution is -2.10. The van der Waals surface area contributed by atoms with Gasteiger partial charge in [0, 0.05) is 31.3 Å². The van der Waals surface area contributed by atoms with Crippen LogP contribution < -0.4 is 10.6 Å². The van der Waals surface area contributed by atoms with E-state index in [1.807, 2.05) is 36.4 Å². The molecule has 0 spiro atoms. The number of aryl methyl sites for hydroxylation is 1. The lowest BCUT2D eigenvalue weighted by atomic mass is 10.1. The molecule has 0 saturated heterocycles. The summed E-state index contributed by atoms with van der Waals surface area (Å²) in [6.45, 7) is 3.55. The third kappa shape index (κ3) is 5.04. The fourth-order valence-electron chi connectivity index (χ4n) is 2.55. The number of hydrogen-bond donors (Lipinski definition) is 3. The van der Waals surface area contributed by atoms with Gasteiger partial charge >= 0.3 is 0 Å². The fourth-order valence-corrected chi connectivity index (χ4v) is 2.55. The summed E-state index contributed by atoms with van der Waals surface area (Å²) in [5.41, 5.74) is 4.35. The van der Waals surface area contributed by atoms with Gasteiger partial charge in [-0.15, -0.1) is 0 Å². The molecule has 0 aliphatic heterocycles. The summed E-state index contributed by atoms with van der Waals surface area (Å²) in [7, 11) is 0. The number of anilines is 2. The van der Waals surface area contributed by atoms with Crippen LogP contribution in [0.15, 0.2) is 60.7 Å². The number of aliphatic hydroxyl groups is 1. The van der Waals surface area contributed by atoms with Crippen molar-refractivity contribution in [3.05, 3.63) is 71.8 Å². The zero-order valence-electron chi connectivity index (χ0n) is 14.9. The Morgan fingerprint density at radius 2 is 1.69 bits per heavy atom. The summed E-state index contributed by atoms with van der Waals surface area (Å²) in [6, 6.07) is 20.4. The largest absolute Gasteiger partial charge is 0.396 e. The molecule has 0 saturated carbocycles. The maximum absolute atomic E-state index is 8.97. The molecular weight excluding hydrogens is 324 g/mol. The van der Waals surface area contributed by atoms with Crippen LogP contribution in [0.5, 0.6) is 0 Å². The summed E-state index contributed by atoms with van der Waals surface area (Å²) in [6.07, 6.45) is 0.658. The number of aromatic nitrogens is 2. The molecule has 0 amide bonds. The first-order valence-electron chi connectivity index (χ1n) is 8.83. The molecule has 2 aromatic carbocycles. The van der Waals surface area contributed by atoms with E-state index in [1.54, 1.807) is 0 Å². The smallest absolute Gasteiger partial charge is 0.225 e. The predicted octanol–water partition coefficient (Wildman–Crippen LogP) is 3.86. The third-order valence-corrected chi connectivity index (χ3v) is 4.01. The zero-order chi connectivity index (χ0) is 18.2. The van der Waals surface area contributed by atoms with E-state index < -0.39 is 0 Å². The van der Waals surface area contributed by atoms with Crippen LogP contribution in [-0.2, 0) is 6.54 Å². The van der Waals surface area contributed by atoms with Crippen molar-refractivity contribution >= 4 is 11.8 Å². The van der Waals surface area contributed by atoms with Crippen LogP contribution in [0.25, 0.3) is 11.3 Å². The van der Waals surface area contributed by atoms with E-state index in [9.17, 15) is 0 Å². The zero-order valence-corrected chi connectivity index (χ0v) is 14.9. The number of nitrogens with one attached hydrogen (secondary N) is 2. The second-order valence-electron chi connectivity index (χ2n) is 6.17. The van der Waals surface area contributed by atoms with Crippen molar-refractivity contribution in [2.75, 3.05) is 23.8 Å². The number of nitrogens with zero attached hydrogens (tertiary/aromatic N) is 2. The molecule has 3 rings (SSSR count). The highest BCUT2D eigenvalue weighted by Crippen LogP contribution is 2.21. The molecule has 0 bridgehead atoms. The van der Waals surface area contributed by atoms with E-state index in [0.29, 0.717) is 25.5 Å². The number of benzene rings is 2. The van der Waals surface area contributed by atoms with Crippen molar-refractivity contribution in [3.8, 4) is 11.3 Å². The molecule has 5 nitrogen and oxygen atoms in total. The minimum Gasteiger partial charge on any atom is -0.396 e. The van der Waals surface area contributed by atoms with Crippen LogP contribution in [0.2, 0.25) is 0 Å². The van der Waals surface area contributed by atoms with Crippen LogP contribution >= 0.6 is 0 Å². The van der Waals surface area contributed by atoms with Gasteiger partial charge in [-0.2, -0.15) is 4.98 Å². The van der Waals surface area contributed by atoms with Crippen LogP contribution in [0, 0.1) is 6.92 Å². The fraction of sp³-hybridized carbons (Fsp3) is 0.238. The summed E-state index contributed by atoms with van der Waals surface area (Å²) in [5, 5.41) is 15.5. The highest BCUT2D eigenvalue weighted by molar-refractivity contribution is 5.64. The van der Waals surface area contributed by atoms with Gasteiger partial charge in [0.2, 0.25) is 5.95 Å². The van der Waals surface area contributed by atoms with Gasteiger partial charge in [-0.3, -0.25) is 0 Å². The van der Waals surface area contributed by atoms with E-state index in [-0.39, 0.29) is 6.61 Å². The molecule has 1 heterocycles. The average molecular weight is 348 g/mol. The topological polar surface area (TPSA) is 70.1 Å². The van der Waals surface area contributed by atoms with Gasteiger partial charge < -0.3 is 15.7 Å². The first-order chi connectivity index (χ1) is 12.7. The lowest BCUT2D eigenvalue weighted by Gasteiger charge is -2.11. The van der Waals surface area contributed by atoms with Gasteiger partial charge in [0.25, 0.3) is 0 Å². The van der Waals surface area contributed by atoms with Gasteiger partial charge in [-0.25, -0.2) is 4.98 Å². The Balaban J connectivity index is 1.80. The Labute approximate surface area is 154 Å². The van der Waals surface area contributed by atoms with E-state index in [2.05, 4.69) is 51.8 Å². The van der Waals surface area contributed by atoms with Gasteiger partial charge in [-0.1, -0.05) is 60.2 Å². The average Bonchev–Trinajstić information content (AvgIpc) is 2.68. The van der Waals surface area contributed by atoms with Crippen molar-refractivity contribution in [2.24, 2.45) is 0 Å². The number of hydrogen-bond acceptors (Lipinski definition) is 5. The van der Waals surface area contributed by atoms with E-state index >= 15 is 0 Å². The Hall–Kier alpha value is -2.92. The summed E-state index contributed by atoms with van der Waals surface area (Å²) < 4.78 is 0. The molecule has 3 aromatic rings. The van der Waals surface area contributed by atoms with Gasteiger partial charge in [0.05, 0.1) is 5.69 Å². The van der Waals surface area contributed by atoms with Crippen LogP contribution in [-0.4, -0.2) is 28.2 Å². The molecular formula is C21H24N4O. The summed E-state index contributed by atoms with van der Waals surface area (Å²) in [5.74, 6) is 1.33.